The SMILES string of the molecule is CN1CCN(C(=O)[C@H]2CCCO2)CC1c1ncc[nH]1. The first-order valence-electron chi connectivity index (χ1n) is 6.85. The lowest BCUT2D eigenvalue weighted by Gasteiger charge is -2.39. The monoisotopic (exact) mass is 264 g/mol. The number of hydrogen-bond acceptors (Lipinski definition) is 4. The third kappa shape index (κ3) is 2.50. The molecule has 0 bridgehead atoms. The molecule has 19 heavy (non-hydrogen) atoms. The minimum atomic E-state index is -0.222. The van der Waals surface area contributed by atoms with E-state index >= 15 is 0 Å². The van der Waals surface area contributed by atoms with Crippen molar-refractivity contribution in [1.29, 1.82) is 0 Å². The lowest BCUT2D eigenvalue weighted by Crippen LogP contribution is -2.51. The zero-order valence-electron chi connectivity index (χ0n) is 11.2. The van der Waals surface area contributed by atoms with Crippen molar-refractivity contribution in [2.24, 2.45) is 0 Å². The Morgan fingerprint density at radius 2 is 2.42 bits per heavy atom. The molecule has 0 aromatic carbocycles. The van der Waals surface area contributed by atoms with Crippen molar-refractivity contribution in [3.05, 3.63) is 18.2 Å². The Morgan fingerprint density at radius 3 is 3.11 bits per heavy atom. The molecule has 1 unspecified atom stereocenters. The number of piperazine rings is 1. The van der Waals surface area contributed by atoms with Gasteiger partial charge < -0.3 is 14.6 Å². The lowest BCUT2D eigenvalue weighted by atomic mass is 10.1. The van der Waals surface area contributed by atoms with Crippen LogP contribution in [0.5, 0.6) is 0 Å². The van der Waals surface area contributed by atoms with Crippen LogP contribution in [0.25, 0.3) is 0 Å². The summed E-state index contributed by atoms with van der Waals surface area (Å²) in [4.78, 5) is 24.0. The Balaban J connectivity index is 1.69. The van der Waals surface area contributed by atoms with Gasteiger partial charge in [-0.3, -0.25) is 9.69 Å². The van der Waals surface area contributed by atoms with E-state index in [0.717, 1.165) is 31.8 Å². The third-order valence-corrected chi connectivity index (χ3v) is 4.00. The van der Waals surface area contributed by atoms with Gasteiger partial charge in [0.15, 0.2) is 0 Å². The lowest BCUT2D eigenvalue weighted by molar-refractivity contribution is -0.143. The number of hydrogen-bond donors (Lipinski definition) is 1. The first-order valence-corrected chi connectivity index (χ1v) is 6.85. The zero-order valence-corrected chi connectivity index (χ0v) is 11.2. The fourth-order valence-electron chi connectivity index (χ4n) is 2.80. The van der Waals surface area contributed by atoms with Crippen molar-refractivity contribution in [3.8, 4) is 0 Å². The van der Waals surface area contributed by atoms with Gasteiger partial charge in [0.2, 0.25) is 0 Å². The average Bonchev–Trinajstić information content (AvgIpc) is 3.12. The maximum Gasteiger partial charge on any atom is 0.251 e. The normalized spacial score (nSPS) is 28.8. The smallest absolute Gasteiger partial charge is 0.251 e. The van der Waals surface area contributed by atoms with Crippen LogP contribution in [0.15, 0.2) is 12.4 Å². The van der Waals surface area contributed by atoms with Crippen LogP contribution in [0.1, 0.15) is 24.7 Å². The summed E-state index contributed by atoms with van der Waals surface area (Å²) in [7, 11) is 2.07. The number of likely N-dealkylation sites (N-methyl/N-ethyl adjacent to an activating group) is 1. The Bertz CT molecular complexity index is 428. The Morgan fingerprint density at radius 1 is 1.53 bits per heavy atom. The first kappa shape index (κ1) is 12.6. The van der Waals surface area contributed by atoms with E-state index in [1.807, 2.05) is 11.1 Å². The van der Waals surface area contributed by atoms with E-state index in [2.05, 4.69) is 21.9 Å². The van der Waals surface area contributed by atoms with Gasteiger partial charge in [0.25, 0.3) is 5.91 Å². The minimum Gasteiger partial charge on any atom is -0.368 e. The summed E-state index contributed by atoms with van der Waals surface area (Å²) in [6, 6.07) is 0.147. The van der Waals surface area contributed by atoms with E-state index in [0.29, 0.717) is 13.2 Å². The third-order valence-electron chi connectivity index (χ3n) is 4.00. The molecule has 6 heteroatoms. The topological polar surface area (TPSA) is 61.5 Å². The molecular formula is C13H20N4O2. The number of carbonyl (C=O) groups is 1. The van der Waals surface area contributed by atoms with E-state index in [9.17, 15) is 4.79 Å². The molecule has 104 valence electrons. The number of rotatable bonds is 2. The van der Waals surface area contributed by atoms with Crippen molar-refractivity contribution in [3.63, 3.8) is 0 Å². The molecule has 3 rings (SSSR count). The average molecular weight is 264 g/mol. The molecule has 2 aliphatic rings. The fraction of sp³-hybridized carbons (Fsp3) is 0.692. The molecule has 1 aromatic heterocycles. The molecule has 1 aromatic rings. The Hall–Kier alpha value is -1.40. The van der Waals surface area contributed by atoms with E-state index < -0.39 is 0 Å². The van der Waals surface area contributed by atoms with Crippen LogP contribution in [0.3, 0.4) is 0 Å². The van der Waals surface area contributed by atoms with Gasteiger partial charge in [-0.15, -0.1) is 0 Å². The highest BCUT2D eigenvalue weighted by Crippen LogP contribution is 2.23. The van der Waals surface area contributed by atoms with Crippen molar-refractivity contribution in [2.75, 3.05) is 33.3 Å². The second-order valence-corrected chi connectivity index (χ2v) is 5.26. The molecule has 0 radical (unpaired) electrons. The summed E-state index contributed by atoms with van der Waals surface area (Å²) in [5.74, 6) is 1.06. The summed E-state index contributed by atoms with van der Waals surface area (Å²) in [5, 5.41) is 0. The van der Waals surface area contributed by atoms with Crippen LogP contribution in [0.4, 0.5) is 0 Å². The molecule has 0 saturated carbocycles. The number of nitrogens with zero attached hydrogens (tertiary/aromatic N) is 3. The van der Waals surface area contributed by atoms with Gasteiger partial charge in [-0.1, -0.05) is 0 Å². The summed E-state index contributed by atoms with van der Waals surface area (Å²) < 4.78 is 5.49. The molecule has 3 heterocycles. The summed E-state index contributed by atoms with van der Waals surface area (Å²) in [6.07, 6.45) is 5.21. The van der Waals surface area contributed by atoms with Crippen LogP contribution in [-0.2, 0) is 9.53 Å². The fourth-order valence-corrected chi connectivity index (χ4v) is 2.80. The van der Waals surface area contributed by atoms with Gasteiger partial charge in [0.1, 0.15) is 11.9 Å². The van der Waals surface area contributed by atoms with Gasteiger partial charge in [-0.2, -0.15) is 0 Å². The molecule has 0 spiro atoms. The van der Waals surface area contributed by atoms with E-state index in [1.54, 1.807) is 6.20 Å². The molecule has 2 saturated heterocycles. The van der Waals surface area contributed by atoms with Gasteiger partial charge in [0.05, 0.1) is 6.04 Å². The number of amides is 1. The molecule has 1 N–H and O–H groups in total. The van der Waals surface area contributed by atoms with E-state index in [4.69, 9.17) is 4.74 Å². The van der Waals surface area contributed by atoms with Crippen LogP contribution in [0.2, 0.25) is 0 Å². The van der Waals surface area contributed by atoms with Crippen molar-refractivity contribution in [2.45, 2.75) is 25.0 Å². The van der Waals surface area contributed by atoms with Crippen LogP contribution < -0.4 is 0 Å². The summed E-state index contributed by atoms with van der Waals surface area (Å²) in [6.45, 7) is 3.03. The number of aromatic amines is 1. The summed E-state index contributed by atoms with van der Waals surface area (Å²) >= 11 is 0. The van der Waals surface area contributed by atoms with Gasteiger partial charge in [-0.05, 0) is 19.9 Å². The molecule has 0 aliphatic carbocycles. The number of H-pyrrole nitrogens is 1. The van der Waals surface area contributed by atoms with Crippen molar-refractivity contribution < 1.29 is 9.53 Å². The largest absolute Gasteiger partial charge is 0.368 e. The molecular weight excluding hydrogens is 244 g/mol. The summed E-state index contributed by atoms with van der Waals surface area (Å²) in [5.41, 5.74) is 0. The number of ether oxygens (including phenoxy) is 1. The molecule has 2 atom stereocenters. The maximum atomic E-state index is 12.4. The Kier molecular flexibility index (Phi) is 3.52. The number of carbonyl (C=O) groups excluding carboxylic acids is 1. The minimum absolute atomic E-state index is 0.141. The second-order valence-electron chi connectivity index (χ2n) is 5.26. The molecule has 2 fully saturated rings. The number of nitrogens with one attached hydrogen (secondary N) is 1. The van der Waals surface area contributed by atoms with Crippen molar-refractivity contribution in [1.82, 2.24) is 19.8 Å². The predicted molar refractivity (Wildman–Crippen MR) is 69.5 cm³/mol. The van der Waals surface area contributed by atoms with Gasteiger partial charge in [-0.25, -0.2) is 4.98 Å². The second kappa shape index (κ2) is 5.30. The number of aromatic nitrogens is 2. The Labute approximate surface area is 112 Å². The van der Waals surface area contributed by atoms with Crippen LogP contribution in [-0.4, -0.2) is 65.1 Å². The number of imidazole rings is 1. The first-order chi connectivity index (χ1) is 9.25. The van der Waals surface area contributed by atoms with Gasteiger partial charge >= 0.3 is 0 Å². The van der Waals surface area contributed by atoms with Crippen LogP contribution >= 0.6 is 0 Å². The standard InChI is InChI=1S/C13H20N4O2/c1-16-6-7-17(13(18)11-3-2-8-19-11)9-10(16)12-14-4-5-15-12/h4-5,10-11H,2-3,6-9H2,1H3,(H,14,15)/t10?,11-/m1/s1. The van der Waals surface area contributed by atoms with E-state index in [-0.39, 0.29) is 18.1 Å². The molecule has 1 amide bonds. The van der Waals surface area contributed by atoms with Gasteiger partial charge in [0, 0.05) is 38.6 Å². The highest BCUT2D eigenvalue weighted by molar-refractivity contribution is 5.81. The van der Waals surface area contributed by atoms with E-state index in [1.165, 1.54) is 0 Å². The zero-order chi connectivity index (χ0) is 13.2. The quantitative estimate of drug-likeness (QED) is 0.840. The molecule has 2 aliphatic heterocycles. The highest BCUT2D eigenvalue weighted by atomic mass is 16.5. The molecule has 6 nitrogen and oxygen atoms in total. The van der Waals surface area contributed by atoms with Crippen molar-refractivity contribution >= 4 is 5.91 Å². The highest BCUT2D eigenvalue weighted by Gasteiger charge is 2.34. The van der Waals surface area contributed by atoms with Crippen LogP contribution in [0, 0.1) is 0 Å². The predicted octanol–water partition coefficient (Wildman–Crippen LogP) is 0.404. The maximum absolute atomic E-state index is 12.4.